The molecule has 0 aromatic heterocycles. The normalized spacial score (nSPS) is 13.9. The lowest BCUT2D eigenvalue weighted by Crippen LogP contribution is -2.47. The first-order valence-electron chi connectivity index (χ1n) is 6.34. The van der Waals surface area contributed by atoms with E-state index in [0.29, 0.717) is 18.5 Å². The molecule has 4 heteroatoms. The summed E-state index contributed by atoms with van der Waals surface area (Å²) >= 11 is 0. The summed E-state index contributed by atoms with van der Waals surface area (Å²) in [6, 6.07) is 0.672. The van der Waals surface area contributed by atoms with Gasteiger partial charge in [-0.1, -0.05) is 27.7 Å². The molecule has 0 heterocycles. The average molecular weight is 244 g/mol. The molecule has 1 atom stereocenters. The summed E-state index contributed by atoms with van der Waals surface area (Å²) in [5.74, 6) is 0.465. The molecule has 0 rings (SSSR count). The number of hydrogen-bond donors (Lipinski definition) is 2. The third-order valence-corrected chi connectivity index (χ3v) is 2.22. The molecule has 0 aliphatic heterocycles. The largest absolute Gasteiger partial charge is 0.444 e. The average Bonchev–Trinajstić information content (AvgIpc) is 2.08. The van der Waals surface area contributed by atoms with Crippen LogP contribution in [0.2, 0.25) is 0 Å². The molecule has 4 nitrogen and oxygen atoms in total. The van der Waals surface area contributed by atoms with Crippen molar-refractivity contribution in [2.75, 3.05) is 6.54 Å². The van der Waals surface area contributed by atoms with Crippen LogP contribution in [0.3, 0.4) is 0 Å². The van der Waals surface area contributed by atoms with E-state index in [4.69, 9.17) is 4.74 Å². The maximum absolute atomic E-state index is 11.5. The molecule has 0 aliphatic rings. The first kappa shape index (κ1) is 16.2. The topological polar surface area (TPSA) is 50.4 Å². The van der Waals surface area contributed by atoms with E-state index in [9.17, 15) is 4.79 Å². The quantitative estimate of drug-likeness (QED) is 0.781. The van der Waals surface area contributed by atoms with Crippen molar-refractivity contribution in [3.05, 3.63) is 0 Å². The minimum absolute atomic E-state index is 0.266. The lowest BCUT2D eigenvalue weighted by atomic mass is 10.0. The molecule has 2 N–H and O–H groups in total. The van der Waals surface area contributed by atoms with Gasteiger partial charge in [0.15, 0.2) is 0 Å². The van der Waals surface area contributed by atoms with Crippen molar-refractivity contribution in [2.45, 2.75) is 66.2 Å². The molecule has 102 valence electrons. The van der Waals surface area contributed by atoms with Crippen molar-refractivity contribution >= 4 is 6.09 Å². The number of rotatable bonds is 5. The standard InChI is InChI=1S/C13H28N2O2/c1-9(2)11(15-10(3)4)8-14-12(16)17-13(5,6)7/h9-11,15H,8H2,1-7H3,(H,14,16)/t11-/m0/s1. The third kappa shape index (κ3) is 8.98. The lowest BCUT2D eigenvalue weighted by Gasteiger charge is -2.26. The summed E-state index contributed by atoms with van der Waals surface area (Å²) in [6.45, 7) is 14.6. The van der Waals surface area contributed by atoms with Crippen LogP contribution in [-0.2, 0) is 4.74 Å². The molecule has 0 aromatic rings. The number of carbonyl (C=O) groups excluding carboxylic acids is 1. The zero-order chi connectivity index (χ0) is 13.6. The van der Waals surface area contributed by atoms with E-state index in [1.54, 1.807) is 0 Å². The predicted molar refractivity (Wildman–Crippen MR) is 71.1 cm³/mol. The Morgan fingerprint density at radius 3 is 2.06 bits per heavy atom. The molecule has 0 unspecified atom stereocenters. The van der Waals surface area contributed by atoms with Gasteiger partial charge in [0.05, 0.1) is 0 Å². The Bertz CT molecular complexity index is 232. The summed E-state index contributed by atoms with van der Waals surface area (Å²) in [4.78, 5) is 11.5. The van der Waals surface area contributed by atoms with Crippen LogP contribution < -0.4 is 10.6 Å². The van der Waals surface area contributed by atoms with E-state index in [0.717, 1.165) is 0 Å². The van der Waals surface area contributed by atoms with Gasteiger partial charge in [-0.2, -0.15) is 0 Å². The summed E-state index contributed by atoms with van der Waals surface area (Å²) in [7, 11) is 0. The fourth-order valence-corrected chi connectivity index (χ4v) is 1.42. The van der Waals surface area contributed by atoms with E-state index < -0.39 is 5.60 Å². The summed E-state index contributed by atoms with van der Waals surface area (Å²) in [6.07, 6.45) is -0.353. The zero-order valence-corrected chi connectivity index (χ0v) is 12.3. The van der Waals surface area contributed by atoms with Crippen molar-refractivity contribution < 1.29 is 9.53 Å². The van der Waals surface area contributed by atoms with E-state index in [-0.39, 0.29) is 12.1 Å². The van der Waals surface area contributed by atoms with Gasteiger partial charge in [0.25, 0.3) is 0 Å². The molecule has 0 spiro atoms. The second kappa shape index (κ2) is 6.84. The second-order valence-electron chi connectivity index (χ2n) is 6.05. The van der Waals surface area contributed by atoms with E-state index in [2.05, 4.69) is 38.3 Å². The highest BCUT2D eigenvalue weighted by Crippen LogP contribution is 2.07. The number of nitrogens with one attached hydrogen (secondary N) is 2. The molecule has 17 heavy (non-hydrogen) atoms. The minimum atomic E-state index is -0.442. The van der Waals surface area contributed by atoms with Gasteiger partial charge in [-0.25, -0.2) is 4.79 Å². The molecular formula is C13H28N2O2. The maximum atomic E-state index is 11.5. The fourth-order valence-electron chi connectivity index (χ4n) is 1.42. The van der Waals surface area contributed by atoms with Gasteiger partial charge in [-0.3, -0.25) is 0 Å². The molecular weight excluding hydrogens is 216 g/mol. The monoisotopic (exact) mass is 244 g/mol. The Morgan fingerprint density at radius 1 is 1.18 bits per heavy atom. The number of alkyl carbamates (subject to hydrolysis) is 1. The SMILES string of the molecule is CC(C)N[C@@H](CNC(=O)OC(C)(C)C)C(C)C. The third-order valence-electron chi connectivity index (χ3n) is 2.22. The Kier molecular flexibility index (Phi) is 6.53. The Balaban J connectivity index is 4.09. The van der Waals surface area contributed by atoms with Gasteiger partial charge < -0.3 is 15.4 Å². The predicted octanol–water partition coefficient (Wildman–Crippen LogP) is 2.53. The highest BCUT2D eigenvalue weighted by molar-refractivity contribution is 5.67. The highest BCUT2D eigenvalue weighted by atomic mass is 16.6. The van der Waals surface area contributed by atoms with Gasteiger partial charge in [0.1, 0.15) is 5.60 Å². The van der Waals surface area contributed by atoms with Gasteiger partial charge in [-0.15, -0.1) is 0 Å². The first-order valence-corrected chi connectivity index (χ1v) is 6.34. The van der Waals surface area contributed by atoms with E-state index in [1.807, 2.05) is 20.8 Å². The lowest BCUT2D eigenvalue weighted by molar-refractivity contribution is 0.0518. The highest BCUT2D eigenvalue weighted by Gasteiger charge is 2.19. The molecule has 0 fully saturated rings. The van der Waals surface area contributed by atoms with Gasteiger partial charge in [0, 0.05) is 18.6 Å². The van der Waals surface area contributed by atoms with Crippen LogP contribution in [0.4, 0.5) is 4.79 Å². The molecule has 0 bridgehead atoms. The molecule has 0 saturated carbocycles. The van der Waals surface area contributed by atoms with E-state index >= 15 is 0 Å². The minimum Gasteiger partial charge on any atom is -0.444 e. The first-order chi connectivity index (χ1) is 7.61. The maximum Gasteiger partial charge on any atom is 0.407 e. The Hall–Kier alpha value is -0.770. The number of amides is 1. The van der Waals surface area contributed by atoms with Gasteiger partial charge >= 0.3 is 6.09 Å². The Labute approximate surface area is 105 Å². The van der Waals surface area contributed by atoms with E-state index in [1.165, 1.54) is 0 Å². The molecule has 0 aromatic carbocycles. The van der Waals surface area contributed by atoms with Gasteiger partial charge in [0.2, 0.25) is 0 Å². The Morgan fingerprint density at radius 2 is 1.71 bits per heavy atom. The van der Waals surface area contributed by atoms with Gasteiger partial charge in [-0.05, 0) is 26.7 Å². The van der Waals surface area contributed by atoms with Crippen LogP contribution in [-0.4, -0.2) is 30.3 Å². The molecule has 1 amide bonds. The molecule has 0 radical (unpaired) electrons. The van der Waals surface area contributed by atoms with Crippen LogP contribution in [0.25, 0.3) is 0 Å². The number of hydrogen-bond acceptors (Lipinski definition) is 3. The number of ether oxygens (including phenoxy) is 1. The summed E-state index contributed by atoms with van der Waals surface area (Å²) in [5, 5.41) is 6.23. The molecule has 0 aliphatic carbocycles. The molecule has 0 saturated heterocycles. The second-order valence-corrected chi connectivity index (χ2v) is 6.05. The fraction of sp³-hybridized carbons (Fsp3) is 0.923. The van der Waals surface area contributed by atoms with Crippen molar-refractivity contribution in [1.29, 1.82) is 0 Å². The van der Waals surface area contributed by atoms with Crippen LogP contribution >= 0.6 is 0 Å². The smallest absolute Gasteiger partial charge is 0.407 e. The van der Waals surface area contributed by atoms with Crippen LogP contribution in [0.5, 0.6) is 0 Å². The van der Waals surface area contributed by atoms with Crippen molar-refractivity contribution in [1.82, 2.24) is 10.6 Å². The zero-order valence-electron chi connectivity index (χ0n) is 12.3. The van der Waals surface area contributed by atoms with Crippen LogP contribution in [0.1, 0.15) is 48.5 Å². The van der Waals surface area contributed by atoms with Crippen molar-refractivity contribution in [2.24, 2.45) is 5.92 Å². The summed E-state index contributed by atoms with van der Waals surface area (Å²) in [5.41, 5.74) is -0.442. The van der Waals surface area contributed by atoms with Crippen LogP contribution in [0.15, 0.2) is 0 Å². The number of carbonyl (C=O) groups is 1. The summed E-state index contributed by atoms with van der Waals surface area (Å²) < 4.78 is 5.20. The van der Waals surface area contributed by atoms with Crippen LogP contribution in [0, 0.1) is 5.92 Å². The van der Waals surface area contributed by atoms with Crippen molar-refractivity contribution in [3.8, 4) is 0 Å². The van der Waals surface area contributed by atoms with Crippen molar-refractivity contribution in [3.63, 3.8) is 0 Å².